The van der Waals surface area contributed by atoms with E-state index in [4.69, 9.17) is 19.9 Å². The number of halogens is 2. The number of hydrogen-bond donors (Lipinski definition) is 1. The lowest BCUT2D eigenvalue weighted by atomic mass is 9.95. The molecule has 1 saturated heterocycles. The summed E-state index contributed by atoms with van der Waals surface area (Å²) in [6, 6.07) is 0. The normalized spacial score (nSPS) is 21.2. The monoisotopic (exact) mass is 366 g/mol. The predicted molar refractivity (Wildman–Crippen MR) is 87.4 cm³/mol. The van der Waals surface area contributed by atoms with Crippen molar-refractivity contribution < 1.29 is 27.8 Å². The fourth-order valence-electron chi connectivity index (χ4n) is 3.56. The molecule has 0 saturated carbocycles. The van der Waals surface area contributed by atoms with E-state index in [0.717, 1.165) is 0 Å². The quantitative estimate of drug-likeness (QED) is 0.640. The number of fused-ring (bicyclic) bond motifs is 1. The van der Waals surface area contributed by atoms with Gasteiger partial charge in [0.15, 0.2) is 11.6 Å². The van der Waals surface area contributed by atoms with Crippen molar-refractivity contribution in [3.63, 3.8) is 0 Å². The van der Waals surface area contributed by atoms with E-state index in [9.17, 15) is 18.4 Å². The van der Waals surface area contributed by atoms with Crippen molar-refractivity contribution in [1.29, 1.82) is 0 Å². The van der Waals surface area contributed by atoms with Gasteiger partial charge in [-0.15, -0.1) is 0 Å². The van der Waals surface area contributed by atoms with Gasteiger partial charge in [0.2, 0.25) is 11.2 Å². The van der Waals surface area contributed by atoms with Crippen LogP contribution in [0.25, 0.3) is 10.9 Å². The van der Waals surface area contributed by atoms with Crippen LogP contribution in [0.3, 0.4) is 0 Å². The van der Waals surface area contributed by atoms with Crippen LogP contribution in [0.2, 0.25) is 0 Å². The smallest absolute Gasteiger partial charge is 0.343 e. The molecule has 4 rings (SSSR count). The van der Waals surface area contributed by atoms with E-state index in [2.05, 4.69) is 0 Å². The van der Waals surface area contributed by atoms with E-state index in [-0.39, 0.29) is 36.3 Å². The zero-order chi connectivity index (χ0) is 18.6. The Kier molecular flexibility index (Phi) is 3.65. The highest BCUT2D eigenvalue weighted by Gasteiger charge is 2.44. The van der Waals surface area contributed by atoms with Gasteiger partial charge in [-0.1, -0.05) is 0 Å². The molecule has 0 radical (unpaired) electrons. The van der Waals surface area contributed by atoms with E-state index in [1.54, 1.807) is 11.5 Å². The van der Waals surface area contributed by atoms with Gasteiger partial charge in [0.1, 0.15) is 23.2 Å². The Bertz CT molecular complexity index is 995. The van der Waals surface area contributed by atoms with Crippen molar-refractivity contribution in [3.05, 3.63) is 33.6 Å². The summed E-state index contributed by atoms with van der Waals surface area (Å²) in [6.07, 6.45) is 1.83. The van der Waals surface area contributed by atoms with E-state index in [1.807, 2.05) is 0 Å². The maximum absolute atomic E-state index is 14.4. The maximum Gasteiger partial charge on any atom is 0.343 e. The van der Waals surface area contributed by atoms with Gasteiger partial charge in [0.25, 0.3) is 0 Å². The van der Waals surface area contributed by atoms with Crippen LogP contribution in [0.1, 0.15) is 23.7 Å². The molecule has 26 heavy (non-hydrogen) atoms. The molecule has 0 aliphatic carbocycles. The molecule has 1 atom stereocenters. The Balaban J connectivity index is 2.16. The standard InChI is InChI=1S/C17H16F2N2O5/c1-2-25-16(23)8-5-21-13-9(14(8)22)12(20)10(18)11(19)15(13)26-7-17(21)3-4-24-6-17/h5H,2-4,6-7,20H2,1H3. The van der Waals surface area contributed by atoms with Crippen LogP contribution in [0.5, 0.6) is 5.75 Å². The molecule has 9 heteroatoms. The number of nitrogens with zero attached hydrogens (tertiary/aromatic N) is 1. The van der Waals surface area contributed by atoms with E-state index >= 15 is 0 Å². The molecule has 0 bridgehead atoms. The van der Waals surface area contributed by atoms with Crippen LogP contribution < -0.4 is 15.9 Å². The fourth-order valence-corrected chi connectivity index (χ4v) is 3.56. The third-order valence-electron chi connectivity index (χ3n) is 4.89. The average molecular weight is 366 g/mol. The van der Waals surface area contributed by atoms with Crippen molar-refractivity contribution in [2.75, 3.05) is 32.2 Å². The summed E-state index contributed by atoms with van der Waals surface area (Å²) >= 11 is 0. The Morgan fingerprint density at radius 2 is 2.15 bits per heavy atom. The second-order valence-corrected chi connectivity index (χ2v) is 6.37. The molecule has 138 valence electrons. The highest BCUT2D eigenvalue weighted by Crippen LogP contribution is 2.43. The molecule has 1 fully saturated rings. The Morgan fingerprint density at radius 3 is 2.81 bits per heavy atom. The molecular formula is C17H16F2N2O5. The zero-order valence-corrected chi connectivity index (χ0v) is 13.9. The van der Waals surface area contributed by atoms with Gasteiger partial charge in [-0.2, -0.15) is 4.39 Å². The molecule has 3 heterocycles. The molecule has 7 nitrogen and oxygen atoms in total. The molecule has 1 spiro atoms. The van der Waals surface area contributed by atoms with Crippen LogP contribution in [0, 0.1) is 11.6 Å². The van der Waals surface area contributed by atoms with Crippen molar-refractivity contribution in [2.45, 2.75) is 18.9 Å². The third kappa shape index (κ3) is 2.06. The number of hydrogen-bond acceptors (Lipinski definition) is 6. The van der Waals surface area contributed by atoms with Gasteiger partial charge in [0.05, 0.1) is 24.3 Å². The number of aromatic nitrogens is 1. The molecule has 2 N–H and O–H groups in total. The van der Waals surface area contributed by atoms with Crippen molar-refractivity contribution in [3.8, 4) is 5.75 Å². The molecule has 2 aliphatic rings. The molecule has 2 aromatic rings. The number of ether oxygens (including phenoxy) is 3. The van der Waals surface area contributed by atoms with Crippen molar-refractivity contribution >= 4 is 22.6 Å². The minimum absolute atomic E-state index is 0.0144. The van der Waals surface area contributed by atoms with Crippen LogP contribution in [0.15, 0.2) is 11.0 Å². The summed E-state index contributed by atoms with van der Waals surface area (Å²) in [7, 11) is 0. The largest absolute Gasteiger partial charge is 0.486 e. The fraction of sp³-hybridized carbons (Fsp3) is 0.412. The van der Waals surface area contributed by atoms with Crippen LogP contribution in [-0.2, 0) is 15.0 Å². The summed E-state index contributed by atoms with van der Waals surface area (Å²) in [4.78, 5) is 25.0. The number of nitrogens with two attached hydrogens (primary N) is 1. The molecule has 1 unspecified atom stereocenters. The topological polar surface area (TPSA) is 92.8 Å². The van der Waals surface area contributed by atoms with Crippen LogP contribution in [0.4, 0.5) is 14.5 Å². The Morgan fingerprint density at radius 1 is 1.38 bits per heavy atom. The van der Waals surface area contributed by atoms with Crippen molar-refractivity contribution in [2.24, 2.45) is 0 Å². The lowest BCUT2D eigenvalue weighted by Crippen LogP contribution is -2.44. The number of pyridine rings is 1. The maximum atomic E-state index is 14.4. The molecule has 1 aromatic carbocycles. The summed E-state index contributed by atoms with van der Waals surface area (Å²) < 4.78 is 46.0. The number of carbonyl (C=O) groups excluding carboxylic acids is 1. The Hall–Kier alpha value is -2.68. The second kappa shape index (κ2) is 5.66. The van der Waals surface area contributed by atoms with Crippen LogP contribution >= 0.6 is 0 Å². The van der Waals surface area contributed by atoms with Gasteiger partial charge >= 0.3 is 5.97 Å². The highest BCUT2D eigenvalue weighted by molar-refractivity contribution is 6.00. The molecule has 0 amide bonds. The van der Waals surface area contributed by atoms with Crippen LogP contribution in [-0.4, -0.2) is 37.0 Å². The number of esters is 1. The molecule has 2 aliphatic heterocycles. The number of nitrogen functional groups attached to an aromatic ring is 1. The van der Waals surface area contributed by atoms with Gasteiger partial charge in [-0.3, -0.25) is 4.79 Å². The highest BCUT2D eigenvalue weighted by atomic mass is 19.2. The zero-order valence-electron chi connectivity index (χ0n) is 13.9. The van der Waals surface area contributed by atoms with Gasteiger partial charge in [-0.05, 0) is 13.3 Å². The second-order valence-electron chi connectivity index (χ2n) is 6.37. The third-order valence-corrected chi connectivity index (χ3v) is 4.89. The van der Waals surface area contributed by atoms with E-state index in [1.165, 1.54) is 6.20 Å². The lowest BCUT2D eigenvalue weighted by molar-refractivity contribution is 0.0521. The SMILES string of the molecule is CCOC(=O)c1cn2c3c(c(F)c(F)c(N)c3c1=O)OCC21CCOC1. The minimum atomic E-state index is -1.38. The summed E-state index contributed by atoms with van der Waals surface area (Å²) in [6.45, 7) is 2.35. The number of carbonyl (C=O) groups is 1. The summed E-state index contributed by atoms with van der Waals surface area (Å²) in [5.41, 5.74) is 3.20. The average Bonchev–Trinajstić information content (AvgIpc) is 3.08. The van der Waals surface area contributed by atoms with E-state index in [0.29, 0.717) is 13.0 Å². The number of rotatable bonds is 2. The first-order valence-electron chi connectivity index (χ1n) is 8.15. The van der Waals surface area contributed by atoms with Gasteiger partial charge in [-0.25, -0.2) is 9.18 Å². The van der Waals surface area contributed by atoms with Gasteiger partial charge in [0, 0.05) is 12.8 Å². The minimum Gasteiger partial charge on any atom is -0.486 e. The van der Waals surface area contributed by atoms with E-state index < -0.39 is 40.0 Å². The number of benzene rings is 1. The lowest BCUT2D eigenvalue weighted by Gasteiger charge is -2.37. The van der Waals surface area contributed by atoms with Crippen molar-refractivity contribution in [1.82, 2.24) is 4.57 Å². The number of anilines is 1. The summed E-state index contributed by atoms with van der Waals surface area (Å²) in [5, 5.41) is -0.296. The predicted octanol–water partition coefficient (Wildman–Crippen LogP) is 1.55. The molecule has 1 aromatic heterocycles. The van der Waals surface area contributed by atoms with Gasteiger partial charge < -0.3 is 24.5 Å². The summed E-state index contributed by atoms with van der Waals surface area (Å²) in [5.74, 6) is -3.89. The first-order valence-corrected chi connectivity index (χ1v) is 8.15. The molecular weight excluding hydrogens is 350 g/mol. The Labute approximate surface area is 146 Å². The first-order chi connectivity index (χ1) is 12.4. The first kappa shape index (κ1) is 16.8.